The van der Waals surface area contributed by atoms with E-state index >= 15 is 0 Å². The average Bonchev–Trinajstić information content (AvgIpc) is 2.81. The highest BCUT2D eigenvalue weighted by atomic mass is 32.2. The number of carbonyl (C=O) groups excluding carboxylic acids is 2. The summed E-state index contributed by atoms with van der Waals surface area (Å²) in [5.41, 5.74) is 0.640. The number of benzene rings is 1. The molecule has 0 radical (unpaired) electrons. The van der Waals surface area contributed by atoms with Crippen LogP contribution in [-0.2, 0) is 9.59 Å². The Labute approximate surface area is 152 Å². The molecule has 2 heterocycles. The van der Waals surface area contributed by atoms with Gasteiger partial charge in [-0.2, -0.15) is 0 Å². The van der Waals surface area contributed by atoms with Gasteiger partial charge >= 0.3 is 0 Å². The molecule has 6 heteroatoms. The molecule has 0 spiro atoms. The number of imide groups is 1. The standard InChI is InChI=1S/C18H22N2O2S2/c1-12-8-13(2)11-19(10-12)18(23)24-15-9-16(21)20(17(15)22)14-6-4-3-5-7-14/h3-7,12-13,15H,8-11H2,1-2H3/t12-,13+,15-/m1/s1. The molecule has 0 N–H and O–H groups in total. The summed E-state index contributed by atoms with van der Waals surface area (Å²) in [6.45, 7) is 6.34. The van der Waals surface area contributed by atoms with E-state index in [9.17, 15) is 9.59 Å². The molecule has 2 saturated heterocycles. The summed E-state index contributed by atoms with van der Waals surface area (Å²) in [6, 6.07) is 9.11. The first-order chi connectivity index (χ1) is 11.5. The Hall–Kier alpha value is -1.40. The van der Waals surface area contributed by atoms with Crippen LogP contribution in [0.25, 0.3) is 0 Å². The first kappa shape index (κ1) is 17.4. The maximum absolute atomic E-state index is 12.7. The third-order valence-corrected chi connectivity index (χ3v) is 6.15. The lowest BCUT2D eigenvalue weighted by Crippen LogP contribution is -2.41. The van der Waals surface area contributed by atoms with Crippen molar-refractivity contribution in [2.75, 3.05) is 18.0 Å². The Morgan fingerprint density at radius 3 is 2.38 bits per heavy atom. The Bertz CT molecular complexity index is 640. The van der Waals surface area contributed by atoms with Crippen LogP contribution in [0.3, 0.4) is 0 Å². The van der Waals surface area contributed by atoms with E-state index in [-0.39, 0.29) is 18.2 Å². The van der Waals surface area contributed by atoms with E-state index < -0.39 is 5.25 Å². The molecule has 3 atom stereocenters. The Kier molecular flexibility index (Phi) is 5.25. The number of amides is 2. The minimum atomic E-state index is -0.405. The van der Waals surface area contributed by atoms with Crippen molar-refractivity contribution in [3.8, 4) is 0 Å². The molecule has 128 valence electrons. The van der Waals surface area contributed by atoms with Crippen molar-refractivity contribution in [1.82, 2.24) is 4.90 Å². The molecule has 24 heavy (non-hydrogen) atoms. The number of piperidine rings is 1. The van der Waals surface area contributed by atoms with Gasteiger partial charge in [-0.15, -0.1) is 0 Å². The third-order valence-electron chi connectivity index (χ3n) is 4.49. The van der Waals surface area contributed by atoms with Gasteiger partial charge in [0.25, 0.3) is 0 Å². The number of para-hydroxylation sites is 1. The van der Waals surface area contributed by atoms with Gasteiger partial charge in [-0.25, -0.2) is 4.90 Å². The Morgan fingerprint density at radius 2 is 1.75 bits per heavy atom. The van der Waals surface area contributed by atoms with Gasteiger partial charge < -0.3 is 4.90 Å². The predicted octanol–water partition coefficient (Wildman–Crippen LogP) is 3.31. The molecule has 3 rings (SSSR count). The summed E-state index contributed by atoms with van der Waals surface area (Å²) < 4.78 is 0.745. The average molecular weight is 363 g/mol. The fourth-order valence-corrected chi connectivity index (χ4v) is 5.02. The minimum absolute atomic E-state index is 0.146. The van der Waals surface area contributed by atoms with Gasteiger partial charge in [0.05, 0.1) is 5.69 Å². The summed E-state index contributed by atoms with van der Waals surface area (Å²) in [6.07, 6.45) is 1.43. The van der Waals surface area contributed by atoms with E-state index in [1.54, 1.807) is 12.1 Å². The van der Waals surface area contributed by atoms with E-state index in [1.807, 2.05) is 18.2 Å². The van der Waals surface area contributed by atoms with Crippen molar-refractivity contribution in [2.45, 2.75) is 31.9 Å². The highest BCUT2D eigenvalue weighted by molar-refractivity contribution is 8.23. The number of likely N-dealkylation sites (tertiary alicyclic amines) is 1. The number of anilines is 1. The number of thiocarbonyl (C=S) groups is 1. The van der Waals surface area contributed by atoms with Crippen molar-refractivity contribution in [2.24, 2.45) is 11.8 Å². The monoisotopic (exact) mass is 362 g/mol. The van der Waals surface area contributed by atoms with E-state index in [4.69, 9.17) is 12.2 Å². The van der Waals surface area contributed by atoms with Crippen LogP contribution in [-0.4, -0.2) is 39.4 Å². The second-order valence-corrected chi connectivity index (χ2v) is 8.67. The maximum Gasteiger partial charge on any atom is 0.247 e. The number of rotatable bonds is 2. The SMILES string of the molecule is C[C@@H]1C[C@H](C)CN(C(=S)S[C@@H]2CC(=O)N(c3ccccc3)C2=O)C1. The van der Waals surface area contributed by atoms with Gasteiger partial charge in [-0.1, -0.05) is 56.0 Å². The summed E-state index contributed by atoms with van der Waals surface area (Å²) in [5.74, 6) is 0.909. The molecule has 2 amide bonds. The second-order valence-electron chi connectivity index (χ2n) is 6.83. The molecule has 1 aromatic rings. The summed E-state index contributed by atoms with van der Waals surface area (Å²) in [5, 5.41) is -0.405. The molecule has 1 aromatic carbocycles. The highest BCUT2D eigenvalue weighted by Gasteiger charge is 2.41. The molecule has 2 aliphatic rings. The topological polar surface area (TPSA) is 40.6 Å². The smallest absolute Gasteiger partial charge is 0.247 e. The molecule has 2 aliphatic heterocycles. The first-order valence-corrected chi connectivity index (χ1v) is 9.62. The van der Waals surface area contributed by atoms with E-state index in [2.05, 4.69) is 18.7 Å². The van der Waals surface area contributed by atoms with E-state index in [0.717, 1.165) is 17.4 Å². The van der Waals surface area contributed by atoms with E-state index in [1.165, 1.54) is 23.1 Å². The zero-order chi connectivity index (χ0) is 17.3. The zero-order valence-corrected chi connectivity index (χ0v) is 15.6. The lowest BCUT2D eigenvalue weighted by atomic mass is 9.92. The van der Waals surface area contributed by atoms with Gasteiger partial charge in [0.15, 0.2) is 0 Å². The van der Waals surface area contributed by atoms with E-state index in [0.29, 0.717) is 17.5 Å². The molecule has 4 nitrogen and oxygen atoms in total. The summed E-state index contributed by atoms with van der Waals surface area (Å²) in [7, 11) is 0. The molecule has 2 fully saturated rings. The number of hydrogen-bond donors (Lipinski definition) is 0. The molecule has 0 bridgehead atoms. The van der Waals surface area contributed by atoms with Gasteiger partial charge in [-0.3, -0.25) is 9.59 Å². The maximum atomic E-state index is 12.7. The molecular formula is C18H22N2O2S2. The van der Waals surface area contributed by atoms with Crippen LogP contribution in [0.15, 0.2) is 30.3 Å². The lowest BCUT2D eigenvalue weighted by Gasteiger charge is -2.36. The van der Waals surface area contributed by atoms with Gasteiger partial charge in [0, 0.05) is 19.5 Å². The highest BCUT2D eigenvalue weighted by Crippen LogP contribution is 2.32. The Balaban J connectivity index is 1.67. The summed E-state index contributed by atoms with van der Waals surface area (Å²) >= 11 is 6.94. The molecule has 0 aromatic heterocycles. The van der Waals surface area contributed by atoms with Crippen molar-refractivity contribution in [1.29, 1.82) is 0 Å². The molecular weight excluding hydrogens is 340 g/mol. The van der Waals surface area contributed by atoms with Crippen molar-refractivity contribution in [3.63, 3.8) is 0 Å². The second kappa shape index (κ2) is 7.23. The molecule has 0 aliphatic carbocycles. The number of hydrogen-bond acceptors (Lipinski definition) is 4. The van der Waals surface area contributed by atoms with Crippen LogP contribution in [0.5, 0.6) is 0 Å². The number of thioether (sulfide) groups is 1. The van der Waals surface area contributed by atoms with Gasteiger partial charge in [0.1, 0.15) is 9.57 Å². The molecule has 0 saturated carbocycles. The first-order valence-electron chi connectivity index (χ1n) is 8.33. The van der Waals surface area contributed by atoms with Crippen molar-refractivity contribution >= 4 is 45.8 Å². The third kappa shape index (κ3) is 3.64. The largest absolute Gasteiger partial charge is 0.357 e. The summed E-state index contributed by atoms with van der Waals surface area (Å²) in [4.78, 5) is 28.5. The molecule has 0 unspecified atom stereocenters. The van der Waals surface area contributed by atoms with Gasteiger partial charge in [0.2, 0.25) is 11.8 Å². The van der Waals surface area contributed by atoms with Crippen LogP contribution in [0.4, 0.5) is 5.69 Å². The van der Waals surface area contributed by atoms with Crippen LogP contribution >= 0.6 is 24.0 Å². The zero-order valence-electron chi connectivity index (χ0n) is 14.0. The normalized spacial score (nSPS) is 27.7. The number of carbonyl (C=O) groups is 2. The predicted molar refractivity (Wildman–Crippen MR) is 102 cm³/mol. The minimum Gasteiger partial charge on any atom is -0.357 e. The fourth-order valence-electron chi connectivity index (χ4n) is 3.55. The van der Waals surface area contributed by atoms with Gasteiger partial charge in [-0.05, 0) is 30.4 Å². The quantitative estimate of drug-likeness (QED) is 0.596. The van der Waals surface area contributed by atoms with Crippen LogP contribution in [0.1, 0.15) is 26.7 Å². The van der Waals surface area contributed by atoms with Crippen molar-refractivity contribution in [3.05, 3.63) is 30.3 Å². The van der Waals surface area contributed by atoms with Crippen LogP contribution in [0.2, 0.25) is 0 Å². The van der Waals surface area contributed by atoms with Crippen LogP contribution in [0, 0.1) is 11.8 Å². The Morgan fingerprint density at radius 1 is 1.12 bits per heavy atom. The fraction of sp³-hybridized carbons (Fsp3) is 0.500. The lowest BCUT2D eigenvalue weighted by molar-refractivity contribution is -0.121. The van der Waals surface area contributed by atoms with Crippen molar-refractivity contribution < 1.29 is 9.59 Å². The van der Waals surface area contributed by atoms with Crippen LogP contribution < -0.4 is 4.90 Å². The number of nitrogens with zero attached hydrogens (tertiary/aromatic N) is 2.